The lowest BCUT2D eigenvalue weighted by Gasteiger charge is -2.23. The smallest absolute Gasteiger partial charge is 0.323 e. The fourth-order valence-electron chi connectivity index (χ4n) is 1.47. The molecule has 0 fully saturated rings. The Morgan fingerprint density at radius 2 is 1.81 bits per heavy atom. The van der Waals surface area contributed by atoms with Crippen molar-refractivity contribution in [2.24, 2.45) is 5.92 Å². The Hall–Kier alpha value is -1.58. The van der Waals surface area contributed by atoms with Gasteiger partial charge < -0.3 is 10.0 Å². The number of aliphatic carboxylic acids is 1. The molecule has 0 aromatic heterocycles. The first-order valence-electron chi connectivity index (χ1n) is 5.29. The Labute approximate surface area is 96.3 Å². The van der Waals surface area contributed by atoms with E-state index in [0.717, 1.165) is 0 Å². The lowest BCUT2D eigenvalue weighted by atomic mass is 9.99. The first kappa shape index (κ1) is 14.4. The Balaban J connectivity index is 4.58. The molecule has 0 unspecified atom stereocenters. The minimum absolute atomic E-state index is 0.148. The van der Waals surface area contributed by atoms with Gasteiger partial charge in [0.15, 0.2) is 0 Å². The van der Waals surface area contributed by atoms with Crippen LogP contribution in [0.4, 0.5) is 0 Å². The molecule has 0 atom stereocenters. The molecule has 0 aromatic rings. The molecule has 0 aliphatic carbocycles. The number of hydrogen-bond donors (Lipinski definition) is 1. The van der Waals surface area contributed by atoms with Gasteiger partial charge in [0, 0.05) is 12.5 Å². The van der Waals surface area contributed by atoms with Gasteiger partial charge in [-0.3, -0.25) is 9.59 Å². The minimum Gasteiger partial charge on any atom is -0.480 e. The summed E-state index contributed by atoms with van der Waals surface area (Å²) in [6, 6.07) is 0. The lowest BCUT2D eigenvalue weighted by molar-refractivity contribution is -0.146. The molecular formula is C12H19NO3. The summed E-state index contributed by atoms with van der Waals surface area (Å²) in [5.74, 6) is -1.38. The monoisotopic (exact) mass is 225 g/mol. The number of allylic oxidation sites excluding steroid dienone is 2. The first-order valence-corrected chi connectivity index (χ1v) is 5.29. The summed E-state index contributed by atoms with van der Waals surface area (Å²) in [4.78, 5) is 23.9. The van der Waals surface area contributed by atoms with E-state index in [0.29, 0.717) is 19.4 Å². The molecule has 0 saturated carbocycles. The maximum absolute atomic E-state index is 12.0. The average molecular weight is 225 g/mol. The van der Waals surface area contributed by atoms with Crippen LogP contribution in [-0.4, -0.2) is 35.0 Å². The Kier molecular flexibility index (Phi) is 6.92. The van der Waals surface area contributed by atoms with Crippen LogP contribution in [0.25, 0.3) is 0 Å². The maximum atomic E-state index is 12.0. The van der Waals surface area contributed by atoms with E-state index in [-0.39, 0.29) is 18.4 Å². The third-order valence-electron chi connectivity index (χ3n) is 2.27. The lowest BCUT2D eigenvalue weighted by Crippen LogP contribution is -2.39. The van der Waals surface area contributed by atoms with Crippen molar-refractivity contribution in [3.8, 4) is 0 Å². The van der Waals surface area contributed by atoms with Gasteiger partial charge in [-0.2, -0.15) is 0 Å². The highest BCUT2D eigenvalue weighted by atomic mass is 16.4. The van der Waals surface area contributed by atoms with Gasteiger partial charge in [-0.1, -0.05) is 12.2 Å². The van der Waals surface area contributed by atoms with Crippen LogP contribution in [0.2, 0.25) is 0 Å². The van der Waals surface area contributed by atoms with Gasteiger partial charge in [0.2, 0.25) is 5.91 Å². The van der Waals surface area contributed by atoms with E-state index >= 15 is 0 Å². The second kappa shape index (κ2) is 7.68. The summed E-state index contributed by atoms with van der Waals surface area (Å²) in [5, 5.41) is 8.67. The molecule has 4 nitrogen and oxygen atoms in total. The molecular weight excluding hydrogens is 206 g/mol. The van der Waals surface area contributed by atoms with Gasteiger partial charge in [-0.05, 0) is 19.8 Å². The Morgan fingerprint density at radius 1 is 1.31 bits per heavy atom. The zero-order chi connectivity index (χ0) is 12.6. The third-order valence-corrected chi connectivity index (χ3v) is 2.27. The van der Waals surface area contributed by atoms with Gasteiger partial charge in [0.05, 0.1) is 0 Å². The van der Waals surface area contributed by atoms with E-state index in [1.165, 1.54) is 4.90 Å². The van der Waals surface area contributed by atoms with Crippen LogP contribution >= 0.6 is 0 Å². The molecule has 0 heterocycles. The van der Waals surface area contributed by atoms with Crippen LogP contribution in [0.3, 0.4) is 0 Å². The number of carboxylic acid groups (broad SMARTS) is 1. The van der Waals surface area contributed by atoms with Crippen molar-refractivity contribution < 1.29 is 14.7 Å². The van der Waals surface area contributed by atoms with Crippen LogP contribution in [-0.2, 0) is 9.59 Å². The summed E-state index contributed by atoms with van der Waals surface area (Å²) < 4.78 is 0. The summed E-state index contributed by atoms with van der Waals surface area (Å²) in [6.45, 7) is 9.09. The zero-order valence-electron chi connectivity index (χ0n) is 9.69. The average Bonchev–Trinajstić information content (AvgIpc) is 2.24. The summed E-state index contributed by atoms with van der Waals surface area (Å²) in [6.07, 6.45) is 4.42. The highest BCUT2D eigenvalue weighted by Crippen LogP contribution is 2.13. The minimum atomic E-state index is -0.994. The molecule has 0 aromatic carbocycles. The van der Waals surface area contributed by atoms with Crippen LogP contribution in [0.5, 0.6) is 0 Å². The number of likely N-dealkylation sites (N-methyl/N-ethyl adjacent to an activating group) is 1. The number of amides is 1. The van der Waals surface area contributed by atoms with Crippen LogP contribution < -0.4 is 0 Å². The molecule has 0 saturated heterocycles. The van der Waals surface area contributed by atoms with E-state index in [9.17, 15) is 9.59 Å². The molecule has 1 N–H and O–H groups in total. The van der Waals surface area contributed by atoms with Crippen LogP contribution in [0, 0.1) is 5.92 Å². The van der Waals surface area contributed by atoms with E-state index in [1.807, 2.05) is 0 Å². The summed E-state index contributed by atoms with van der Waals surface area (Å²) >= 11 is 0. The predicted octanol–water partition coefficient (Wildman–Crippen LogP) is 1.69. The fraction of sp³-hybridized carbons (Fsp3) is 0.500. The van der Waals surface area contributed by atoms with E-state index in [2.05, 4.69) is 13.2 Å². The largest absolute Gasteiger partial charge is 0.480 e. The third kappa shape index (κ3) is 4.77. The van der Waals surface area contributed by atoms with Crippen LogP contribution in [0.15, 0.2) is 25.3 Å². The second-order valence-electron chi connectivity index (χ2n) is 3.49. The second-order valence-corrected chi connectivity index (χ2v) is 3.49. The number of carboxylic acids is 1. The van der Waals surface area contributed by atoms with E-state index < -0.39 is 5.97 Å². The molecule has 4 heteroatoms. The Morgan fingerprint density at radius 3 is 2.12 bits per heavy atom. The van der Waals surface area contributed by atoms with Crippen molar-refractivity contribution in [1.82, 2.24) is 4.90 Å². The summed E-state index contributed by atoms with van der Waals surface area (Å²) in [5.41, 5.74) is 0. The normalized spacial score (nSPS) is 9.88. The molecule has 0 rings (SSSR count). The van der Waals surface area contributed by atoms with Gasteiger partial charge >= 0.3 is 5.97 Å². The zero-order valence-corrected chi connectivity index (χ0v) is 9.69. The number of nitrogens with zero attached hydrogens (tertiary/aromatic N) is 1. The van der Waals surface area contributed by atoms with Crippen molar-refractivity contribution >= 4 is 11.9 Å². The van der Waals surface area contributed by atoms with Gasteiger partial charge in [0.25, 0.3) is 0 Å². The van der Waals surface area contributed by atoms with Crippen LogP contribution in [0.1, 0.15) is 19.8 Å². The van der Waals surface area contributed by atoms with Gasteiger partial charge in [0.1, 0.15) is 6.54 Å². The molecule has 0 bridgehead atoms. The topological polar surface area (TPSA) is 57.6 Å². The molecule has 0 aliphatic rings. The Bertz CT molecular complexity index is 263. The van der Waals surface area contributed by atoms with Gasteiger partial charge in [-0.25, -0.2) is 0 Å². The first-order chi connectivity index (χ1) is 7.56. The van der Waals surface area contributed by atoms with Crippen molar-refractivity contribution in [2.45, 2.75) is 19.8 Å². The molecule has 90 valence electrons. The number of hydrogen-bond acceptors (Lipinski definition) is 2. The molecule has 0 aliphatic heterocycles. The van der Waals surface area contributed by atoms with Gasteiger partial charge in [-0.15, -0.1) is 13.2 Å². The maximum Gasteiger partial charge on any atom is 0.323 e. The number of carbonyl (C=O) groups is 2. The predicted molar refractivity (Wildman–Crippen MR) is 63.0 cm³/mol. The molecule has 1 amide bonds. The SMILES string of the molecule is C=CCC(CC=C)C(=O)N(CC)CC(=O)O. The van der Waals surface area contributed by atoms with E-state index in [1.54, 1.807) is 19.1 Å². The van der Waals surface area contributed by atoms with Crippen molar-refractivity contribution in [3.63, 3.8) is 0 Å². The van der Waals surface area contributed by atoms with Crippen molar-refractivity contribution in [1.29, 1.82) is 0 Å². The van der Waals surface area contributed by atoms with E-state index in [4.69, 9.17) is 5.11 Å². The highest BCUT2D eigenvalue weighted by Gasteiger charge is 2.22. The molecule has 16 heavy (non-hydrogen) atoms. The highest BCUT2D eigenvalue weighted by molar-refractivity contribution is 5.83. The van der Waals surface area contributed by atoms with Crippen molar-refractivity contribution in [2.75, 3.05) is 13.1 Å². The quantitative estimate of drug-likeness (QED) is 0.639. The molecule has 0 spiro atoms. The number of rotatable bonds is 8. The standard InChI is InChI=1S/C12H19NO3/c1-4-7-10(8-5-2)12(16)13(6-3)9-11(14)15/h4-5,10H,1-2,6-9H2,3H3,(H,14,15). The fourth-order valence-corrected chi connectivity index (χ4v) is 1.47. The van der Waals surface area contributed by atoms with Crippen molar-refractivity contribution in [3.05, 3.63) is 25.3 Å². The summed E-state index contributed by atoms with van der Waals surface area (Å²) in [7, 11) is 0. The number of carbonyl (C=O) groups excluding carboxylic acids is 1. The molecule has 0 radical (unpaired) electrons.